The van der Waals surface area contributed by atoms with Crippen molar-refractivity contribution in [2.45, 2.75) is 33.8 Å². The van der Waals surface area contributed by atoms with Crippen LogP contribution in [0.2, 0.25) is 5.02 Å². The Labute approximate surface area is 262 Å². The summed E-state index contributed by atoms with van der Waals surface area (Å²) in [6, 6.07) is 27.3. The van der Waals surface area contributed by atoms with Crippen LogP contribution in [0.25, 0.3) is 6.08 Å². The summed E-state index contributed by atoms with van der Waals surface area (Å²) in [5.74, 6) is 1.14. The first kappa shape index (κ1) is 30.2. The molecule has 0 atom stereocenters. The summed E-state index contributed by atoms with van der Waals surface area (Å²) < 4.78 is 12.3. The van der Waals surface area contributed by atoms with Crippen LogP contribution in [0.4, 0.5) is 11.4 Å². The molecule has 0 aromatic heterocycles. The number of thioether (sulfide) groups is 1. The van der Waals surface area contributed by atoms with Crippen LogP contribution in [0.3, 0.4) is 0 Å². The van der Waals surface area contributed by atoms with E-state index in [2.05, 4.69) is 6.58 Å². The number of amides is 1. The molecule has 218 valence electrons. The molecule has 1 fully saturated rings. The van der Waals surface area contributed by atoms with Gasteiger partial charge >= 0.3 is 0 Å². The number of hydrogen-bond donors (Lipinski definition) is 0. The summed E-state index contributed by atoms with van der Waals surface area (Å²) in [4.78, 5) is 21.0. The van der Waals surface area contributed by atoms with Crippen molar-refractivity contribution < 1.29 is 14.3 Å². The number of benzene rings is 4. The maximum Gasteiger partial charge on any atom is 0.271 e. The van der Waals surface area contributed by atoms with Crippen LogP contribution in [-0.4, -0.2) is 17.7 Å². The summed E-state index contributed by atoms with van der Waals surface area (Å²) >= 11 is 7.41. The van der Waals surface area contributed by atoms with Crippen molar-refractivity contribution in [1.29, 1.82) is 0 Å². The standard InChI is InChI=1S/C36H33ClN2O3S/c1-5-7-28-20-27(21-32(41-6-2)34(28)42-23-26-12-14-29(37)15-13-26)22-33-35(40)39(31-18-10-25(4)11-19-31)36(43-33)38-30-16-8-24(3)9-17-30/h5,8-22H,1,6-7,23H2,2-4H3/b33-22-,38-36?. The summed E-state index contributed by atoms with van der Waals surface area (Å²) in [6.07, 6.45) is 4.30. The molecule has 0 saturated carbocycles. The van der Waals surface area contributed by atoms with Gasteiger partial charge in [0.2, 0.25) is 0 Å². The van der Waals surface area contributed by atoms with Gasteiger partial charge in [-0.15, -0.1) is 6.58 Å². The highest BCUT2D eigenvalue weighted by atomic mass is 35.5. The Bertz CT molecular complexity index is 1680. The molecule has 1 heterocycles. The van der Waals surface area contributed by atoms with Crippen molar-refractivity contribution in [2.75, 3.05) is 11.5 Å². The quantitative estimate of drug-likeness (QED) is 0.133. The number of rotatable bonds is 10. The predicted octanol–water partition coefficient (Wildman–Crippen LogP) is 9.47. The van der Waals surface area contributed by atoms with E-state index in [-0.39, 0.29) is 5.91 Å². The second-order valence-electron chi connectivity index (χ2n) is 10.2. The van der Waals surface area contributed by atoms with E-state index in [1.165, 1.54) is 11.8 Å². The summed E-state index contributed by atoms with van der Waals surface area (Å²) in [7, 11) is 0. The Kier molecular flexibility index (Phi) is 9.70. The zero-order chi connectivity index (χ0) is 30.3. The second kappa shape index (κ2) is 13.8. The molecule has 0 spiro atoms. The number of anilines is 1. The van der Waals surface area contributed by atoms with E-state index in [9.17, 15) is 4.79 Å². The monoisotopic (exact) mass is 608 g/mol. The Hall–Kier alpha value is -4.26. The fourth-order valence-electron chi connectivity index (χ4n) is 4.59. The highest BCUT2D eigenvalue weighted by molar-refractivity contribution is 8.19. The van der Waals surface area contributed by atoms with Crippen molar-refractivity contribution in [2.24, 2.45) is 4.99 Å². The van der Waals surface area contributed by atoms with Gasteiger partial charge in [0.1, 0.15) is 6.61 Å². The van der Waals surface area contributed by atoms with Crippen LogP contribution in [0.15, 0.2) is 107 Å². The van der Waals surface area contributed by atoms with E-state index in [0.717, 1.165) is 39.2 Å². The van der Waals surface area contributed by atoms with E-state index < -0.39 is 0 Å². The molecule has 0 radical (unpaired) electrons. The number of hydrogen-bond acceptors (Lipinski definition) is 5. The minimum absolute atomic E-state index is 0.133. The first-order chi connectivity index (χ1) is 20.8. The van der Waals surface area contributed by atoms with Gasteiger partial charge in [-0.2, -0.15) is 0 Å². The number of ether oxygens (including phenoxy) is 2. The van der Waals surface area contributed by atoms with Gasteiger partial charge in [-0.3, -0.25) is 9.69 Å². The lowest BCUT2D eigenvalue weighted by atomic mass is 10.0. The lowest BCUT2D eigenvalue weighted by Gasteiger charge is -2.17. The Balaban J connectivity index is 1.52. The number of carbonyl (C=O) groups is 1. The third kappa shape index (κ3) is 7.39. The van der Waals surface area contributed by atoms with Crippen molar-refractivity contribution in [3.05, 3.63) is 135 Å². The molecule has 7 heteroatoms. The van der Waals surface area contributed by atoms with Crippen LogP contribution < -0.4 is 14.4 Å². The molecule has 5 nitrogen and oxygen atoms in total. The molecule has 0 N–H and O–H groups in total. The molecule has 1 amide bonds. The number of carbonyl (C=O) groups excluding carboxylic acids is 1. The van der Waals surface area contributed by atoms with Crippen LogP contribution in [0.5, 0.6) is 11.5 Å². The molecule has 1 aliphatic heterocycles. The minimum Gasteiger partial charge on any atom is -0.490 e. The zero-order valence-electron chi connectivity index (χ0n) is 24.5. The number of aliphatic imine (C=N–C) groups is 1. The average molecular weight is 609 g/mol. The predicted molar refractivity (Wildman–Crippen MR) is 180 cm³/mol. The van der Waals surface area contributed by atoms with E-state index in [1.807, 2.05) is 118 Å². The topological polar surface area (TPSA) is 51.1 Å². The molecule has 5 rings (SSSR count). The van der Waals surface area contributed by atoms with Gasteiger partial charge in [-0.25, -0.2) is 4.99 Å². The van der Waals surface area contributed by atoms with Crippen molar-refractivity contribution >= 4 is 51.9 Å². The fourth-order valence-corrected chi connectivity index (χ4v) is 5.72. The minimum atomic E-state index is -0.133. The Morgan fingerprint density at radius 3 is 2.26 bits per heavy atom. The van der Waals surface area contributed by atoms with Gasteiger partial charge in [0, 0.05) is 10.6 Å². The number of amidine groups is 1. The van der Waals surface area contributed by atoms with Crippen molar-refractivity contribution in [3.63, 3.8) is 0 Å². The maximum atomic E-state index is 13.9. The lowest BCUT2D eigenvalue weighted by Crippen LogP contribution is -2.28. The van der Waals surface area contributed by atoms with Crippen LogP contribution in [0.1, 0.15) is 34.7 Å². The molecule has 1 saturated heterocycles. The number of halogens is 1. The Morgan fingerprint density at radius 2 is 1.60 bits per heavy atom. The smallest absolute Gasteiger partial charge is 0.271 e. The first-order valence-electron chi connectivity index (χ1n) is 14.1. The fraction of sp³-hybridized carbons (Fsp3) is 0.167. The summed E-state index contributed by atoms with van der Waals surface area (Å²) in [5.41, 5.74) is 6.56. The number of nitrogens with zero attached hydrogens (tertiary/aromatic N) is 2. The maximum absolute atomic E-state index is 13.9. The molecule has 0 unspecified atom stereocenters. The SMILES string of the molecule is C=CCc1cc(/C=C2\SC(=Nc3ccc(C)cc3)N(c3ccc(C)cc3)C2=O)cc(OCC)c1OCc1ccc(Cl)cc1. The molecular formula is C36H33ClN2O3S. The van der Waals surface area contributed by atoms with Gasteiger partial charge in [-0.1, -0.05) is 65.2 Å². The Morgan fingerprint density at radius 1 is 0.930 bits per heavy atom. The number of allylic oxidation sites excluding steroid dienone is 1. The lowest BCUT2D eigenvalue weighted by molar-refractivity contribution is -0.113. The normalized spacial score (nSPS) is 14.9. The molecular weight excluding hydrogens is 576 g/mol. The van der Waals surface area contributed by atoms with Gasteiger partial charge in [0.05, 0.1) is 22.9 Å². The van der Waals surface area contributed by atoms with E-state index >= 15 is 0 Å². The van der Waals surface area contributed by atoms with Crippen LogP contribution in [0, 0.1) is 13.8 Å². The van der Waals surface area contributed by atoms with Gasteiger partial charge in [-0.05, 0) is 105 Å². The second-order valence-corrected chi connectivity index (χ2v) is 11.6. The van der Waals surface area contributed by atoms with Crippen molar-refractivity contribution in [3.8, 4) is 11.5 Å². The summed E-state index contributed by atoms with van der Waals surface area (Å²) in [5, 5.41) is 1.28. The van der Waals surface area contributed by atoms with Gasteiger partial charge < -0.3 is 9.47 Å². The molecule has 4 aromatic rings. The summed E-state index contributed by atoms with van der Waals surface area (Å²) in [6.45, 7) is 10.8. The van der Waals surface area contributed by atoms with Crippen LogP contribution in [-0.2, 0) is 17.8 Å². The highest BCUT2D eigenvalue weighted by Crippen LogP contribution is 2.40. The third-order valence-electron chi connectivity index (χ3n) is 6.77. The largest absolute Gasteiger partial charge is 0.490 e. The highest BCUT2D eigenvalue weighted by Gasteiger charge is 2.35. The molecule has 0 bridgehead atoms. The molecule has 0 aliphatic carbocycles. The molecule has 1 aliphatic rings. The van der Waals surface area contributed by atoms with E-state index in [0.29, 0.717) is 46.2 Å². The van der Waals surface area contributed by atoms with Crippen molar-refractivity contribution in [1.82, 2.24) is 0 Å². The molecule has 43 heavy (non-hydrogen) atoms. The van der Waals surface area contributed by atoms with Gasteiger partial charge in [0.15, 0.2) is 16.7 Å². The van der Waals surface area contributed by atoms with Crippen LogP contribution >= 0.6 is 23.4 Å². The van der Waals surface area contributed by atoms with Gasteiger partial charge in [0.25, 0.3) is 5.91 Å². The zero-order valence-corrected chi connectivity index (χ0v) is 26.0. The van der Waals surface area contributed by atoms with E-state index in [1.54, 1.807) is 4.90 Å². The molecule has 4 aromatic carbocycles. The number of aryl methyl sites for hydroxylation is 2. The third-order valence-corrected chi connectivity index (χ3v) is 7.99. The average Bonchev–Trinajstić information content (AvgIpc) is 3.29. The first-order valence-corrected chi connectivity index (χ1v) is 15.3. The van der Waals surface area contributed by atoms with E-state index in [4.69, 9.17) is 26.1 Å².